The molecule has 0 spiro atoms. The fraction of sp³-hybridized carbons (Fsp3) is 0.105. The third-order valence-electron chi connectivity index (χ3n) is 4.31. The van der Waals surface area contributed by atoms with Crippen LogP contribution in [0.25, 0.3) is 11.3 Å². The highest BCUT2D eigenvalue weighted by molar-refractivity contribution is 6.39. The summed E-state index contributed by atoms with van der Waals surface area (Å²) in [5, 5.41) is 9.84. The summed E-state index contributed by atoms with van der Waals surface area (Å²) in [7, 11) is 1.48. The maximum absolute atomic E-state index is 12.5. The van der Waals surface area contributed by atoms with Crippen LogP contribution >= 0.6 is 46.4 Å². The minimum absolute atomic E-state index is 0.252. The summed E-state index contributed by atoms with van der Waals surface area (Å²) < 4.78 is 4.61. The lowest BCUT2D eigenvalue weighted by atomic mass is 10.1. The fourth-order valence-corrected chi connectivity index (χ4v) is 3.87. The molecule has 2 amide bonds. The Balaban J connectivity index is 2.22. The normalized spacial score (nSPS) is 13.6. The number of halogens is 4. The van der Waals surface area contributed by atoms with Gasteiger partial charge in [0.1, 0.15) is 7.05 Å². The first kappa shape index (κ1) is 21.6. The van der Waals surface area contributed by atoms with E-state index < -0.39 is 10.6 Å². The molecule has 1 heterocycles. The van der Waals surface area contributed by atoms with Crippen molar-refractivity contribution in [3.05, 3.63) is 67.8 Å². The van der Waals surface area contributed by atoms with Crippen LogP contribution in [-0.4, -0.2) is 24.5 Å². The highest BCUT2D eigenvalue weighted by Gasteiger charge is 2.42. The Morgan fingerprint density at radius 2 is 1.59 bits per heavy atom. The van der Waals surface area contributed by atoms with Gasteiger partial charge < -0.3 is 10.3 Å². The quantitative estimate of drug-likeness (QED) is 0.274. The zero-order chi connectivity index (χ0) is 21.3. The summed E-state index contributed by atoms with van der Waals surface area (Å²) in [6.07, 6.45) is 1.37. The summed E-state index contributed by atoms with van der Waals surface area (Å²) in [4.78, 5) is 12.5. The molecule has 0 bridgehead atoms. The van der Waals surface area contributed by atoms with Gasteiger partial charge >= 0.3 is 6.03 Å². The topological polar surface area (TPSA) is 81.5 Å². The Hall–Kier alpha value is -2.09. The number of rotatable bonds is 4. The van der Waals surface area contributed by atoms with Crippen LogP contribution in [0.3, 0.4) is 0 Å². The van der Waals surface area contributed by atoms with Gasteiger partial charge in [0.2, 0.25) is 5.69 Å². The van der Waals surface area contributed by atoms with E-state index in [-0.39, 0.29) is 11.4 Å². The molecule has 0 radical (unpaired) electrons. The van der Waals surface area contributed by atoms with E-state index in [1.165, 1.54) is 13.3 Å². The van der Waals surface area contributed by atoms with E-state index in [1.807, 2.05) is 0 Å². The van der Waals surface area contributed by atoms with Crippen LogP contribution in [0.4, 0.5) is 10.5 Å². The number of hydrogen-bond acceptors (Lipinski definition) is 4. The molecule has 1 unspecified atom stereocenters. The van der Waals surface area contributed by atoms with E-state index >= 15 is 0 Å². The Kier molecular flexibility index (Phi) is 6.22. The van der Waals surface area contributed by atoms with Crippen LogP contribution in [0, 0.1) is 6.92 Å². The lowest BCUT2D eigenvalue weighted by molar-refractivity contribution is 0.220. The van der Waals surface area contributed by atoms with Gasteiger partial charge in [0.25, 0.3) is 0 Å². The van der Waals surface area contributed by atoms with E-state index in [0.29, 0.717) is 37.0 Å². The minimum atomic E-state index is -0.792. The third-order valence-corrected chi connectivity index (χ3v) is 5.60. The lowest BCUT2D eigenvalue weighted by Crippen LogP contribution is -2.49. The smallest absolute Gasteiger partial charge is 0.354 e. The average molecular weight is 473 g/mol. The van der Waals surface area contributed by atoms with Gasteiger partial charge in [0, 0.05) is 18.1 Å². The van der Waals surface area contributed by atoms with Crippen LogP contribution in [-0.2, 0) is 0 Å². The molecule has 6 nitrogen and oxygen atoms in total. The van der Waals surface area contributed by atoms with Crippen LogP contribution < -0.4 is 10.3 Å². The molecule has 3 aromatic rings. The molecule has 0 aliphatic heterocycles. The van der Waals surface area contributed by atoms with Crippen molar-refractivity contribution in [3.63, 3.8) is 0 Å². The van der Waals surface area contributed by atoms with Crippen LogP contribution in [0.5, 0.6) is 0 Å². The fourth-order valence-electron chi connectivity index (χ4n) is 2.80. The van der Waals surface area contributed by atoms with E-state index in [0.717, 1.165) is 0 Å². The number of aromatic nitrogens is 1. The summed E-state index contributed by atoms with van der Waals surface area (Å²) in [5.41, 5.74) is 7.09. The number of quaternary nitrogens is 1. The number of aryl methyl sites for hydroxylation is 1. The number of carbonyl (C=O) groups is 1. The van der Waals surface area contributed by atoms with Gasteiger partial charge in [-0.3, -0.25) is 0 Å². The second-order valence-corrected chi connectivity index (χ2v) is 7.84. The molecule has 29 heavy (non-hydrogen) atoms. The number of carbonyl (C=O) groups excluding carboxylic acids is 1. The predicted octanol–water partition coefficient (Wildman–Crippen LogP) is 6.31. The maximum atomic E-state index is 12.5. The van der Waals surface area contributed by atoms with Crippen molar-refractivity contribution in [1.82, 2.24) is 9.75 Å². The van der Waals surface area contributed by atoms with E-state index in [2.05, 4.69) is 10.3 Å². The van der Waals surface area contributed by atoms with E-state index in [4.69, 9.17) is 56.7 Å². The van der Waals surface area contributed by atoms with Crippen molar-refractivity contribution in [2.24, 2.45) is 10.8 Å². The van der Waals surface area contributed by atoms with Crippen LogP contribution in [0.15, 0.2) is 46.0 Å². The second kappa shape index (κ2) is 8.34. The molecule has 0 aliphatic carbocycles. The third kappa shape index (κ3) is 3.99. The number of hydrogen-bond donors (Lipinski definition) is 1. The second-order valence-electron chi connectivity index (χ2n) is 6.21. The van der Waals surface area contributed by atoms with Crippen molar-refractivity contribution < 1.29 is 9.32 Å². The zero-order valence-corrected chi connectivity index (χ0v) is 18.3. The van der Waals surface area contributed by atoms with Gasteiger partial charge in [0.05, 0.1) is 26.3 Å². The predicted molar refractivity (Wildman–Crippen MR) is 118 cm³/mol. The number of nitrogens with zero attached hydrogens (tertiary/aromatic N) is 3. The molecular weight excluding hydrogens is 458 g/mol. The zero-order valence-electron chi connectivity index (χ0n) is 15.3. The minimum Gasteiger partial charge on any atom is -0.354 e. The number of amides is 2. The molecule has 1 aromatic heterocycles. The van der Waals surface area contributed by atoms with Crippen molar-refractivity contribution in [1.29, 1.82) is 0 Å². The highest BCUT2D eigenvalue weighted by atomic mass is 35.5. The first-order chi connectivity index (χ1) is 13.7. The molecule has 0 saturated carbocycles. The number of urea groups is 1. The molecule has 2 N–H and O–H groups in total. The molecule has 1 atom stereocenters. The standard InChI is InChI=1S/C19H14Cl4N4O2/c1-10-18(17(26-29-10)16-14(22)7-4-8-15(16)23)27(2,19(24)28)25-9-11-12(20)5-3-6-13(11)21/h3-9H,1-2H3,(H-,24,28)/p+1/b25-9+. The number of primary amides is 1. The Labute approximate surface area is 187 Å². The molecular formula is C19H15Cl4N4O2+. The Morgan fingerprint density at radius 1 is 1.07 bits per heavy atom. The van der Waals surface area contributed by atoms with Gasteiger partial charge in [-0.05, 0) is 24.3 Å². The molecule has 150 valence electrons. The summed E-state index contributed by atoms with van der Waals surface area (Å²) in [5.74, 6) is 0.319. The Bertz CT molecular complexity index is 1090. The van der Waals surface area contributed by atoms with Gasteiger partial charge in [-0.25, -0.2) is 4.79 Å². The molecule has 0 saturated heterocycles. The molecule has 3 rings (SSSR count). The average Bonchev–Trinajstić information content (AvgIpc) is 3.02. The van der Waals surface area contributed by atoms with Crippen LogP contribution in [0.1, 0.15) is 11.3 Å². The molecule has 0 fully saturated rings. The summed E-state index contributed by atoms with van der Waals surface area (Å²) in [6.45, 7) is 1.63. The monoisotopic (exact) mass is 471 g/mol. The van der Waals surface area contributed by atoms with Gasteiger partial charge in [0.15, 0.2) is 11.5 Å². The number of nitrogens with two attached hydrogens (primary N) is 1. The maximum Gasteiger partial charge on any atom is 0.445 e. The highest BCUT2D eigenvalue weighted by Crippen LogP contribution is 2.43. The van der Waals surface area contributed by atoms with Crippen molar-refractivity contribution >= 4 is 64.3 Å². The Morgan fingerprint density at radius 3 is 2.10 bits per heavy atom. The van der Waals surface area contributed by atoms with Gasteiger partial charge in [-0.15, -0.1) is 0 Å². The van der Waals surface area contributed by atoms with Crippen molar-refractivity contribution in [3.8, 4) is 11.3 Å². The first-order valence-electron chi connectivity index (χ1n) is 8.24. The van der Waals surface area contributed by atoms with E-state index in [9.17, 15) is 4.79 Å². The summed E-state index contributed by atoms with van der Waals surface area (Å²) >= 11 is 25.1. The van der Waals surface area contributed by atoms with Gasteiger partial charge in [-0.2, -0.15) is 0 Å². The number of benzene rings is 2. The molecule has 0 aliphatic rings. The SMILES string of the molecule is Cc1onc(-c2c(Cl)cccc2Cl)c1[N+](C)(/N=C/c1c(Cl)cccc1Cl)C(N)=O. The first-order valence-corrected chi connectivity index (χ1v) is 9.75. The van der Waals surface area contributed by atoms with E-state index in [1.54, 1.807) is 43.3 Å². The molecule has 10 heteroatoms. The lowest BCUT2D eigenvalue weighted by Gasteiger charge is -2.22. The van der Waals surface area contributed by atoms with Crippen molar-refractivity contribution in [2.75, 3.05) is 7.05 Å². The molecule has 2 aromatic carbocycles. The van der Waals surface area contributed by atoms with Crippen LogP contribution in [0.2, 0.25) is 20.1 Å². The van der Waals surface area contributed by atoms with Gasteiger partial charge in [-0.1, -0.05) is 73.4 Å². The summed E-state index contributed by atoms with van der Waals surface area (Å²) in [6, 6.07) is 9.22. The largest absolute Gasteiger partial charge is 0.445 e. The van der Waals surface area contributed by atoms with Crippen molar-refractivity contribution in [2.45, 2.75) is 6.92 Å².